The zero-order valence-corrected chi connectivity index (χ0v) is 12.2. The molecule has 2 aromatic carbocycles. The maximum absolute atomic E-state index is 5.89. The summed E-state index contributed by atoms with van der Waals surface area (Å²) in [6.45, 7) is 1.99. The molecule has 0 radical (unpaired) electrons. The highest BCUT2D eigenvalue weighted by atomic mass is 79.9. The standard InChI is InChI=1S/C15H17BrN2/c1-11(17)12-8-9-15(14(16)10-12)18(2)13-6-4-3-5-7-13/h3-11H,17H2,1-2H3. The molecular formula is C15H17BrN2. The summed E-state index contributed by atoms with van der Waals surface area (Å²) in [5.74, 6) is 0. The van der Waals surface area contributed by atoms with Crippen LogP contribution in [0.4, 0.5) is 11.4 Å². The van der Waals surface area contributed by atoms with Crippen molar-refractivity contribution in [1.29, 1.82) is 0 Å². The number of hydrogen-bond acceptors (Lipinski definition) is 2. The fraction of sp³-hybridized carbons (Fsp3) is 0.200. The molecule has 0 bridgehead atoms. The fourth-order valence-corrected chi connectivity index (χ4v) is 2.53. The first-order chi connectivity index (χ1) is 8.59. The van der Waals surface area contributed by atoms with Crippen molar-refractivity contribution in [3.05, 3.63) is 58.6 Å². The minimum Gasteiger partial charge on any atom is -0.344 e. The molecule has 0 aliphatic heterocycles. The quantitative estimate of drug-likeness (QED) is 0.919. The molecule has 0 aliphatic carbocycles. The van der Waals surface area contributed by atoms with Crippen LogP contribution in [0.5, 0.6) is 0 Å². The van der Waals surface area contributed by atoms with Gasteiger partial charge in [0.25, 0.3) is 0 Å². The van der Waals surface area contributed by atoms with Crippen molar-refractivity contribution in [2.75, 3.05) is 11.9 Å². The predicted molar refractivity (Wildman–Crippen MR) is 81.2 cm³/mol. The van der Waals surface area contributed by atoms with Crippen molar-refractivity contribution in [3.8, 4) is 0 Å². The second kappa shape index (κ2) is 5.55. The highest BCUT2D eigenvalue weighted by Gasteiger charge is 2.09. The van der Waals surface area contributed by atoms with Gasteiger partial charge in [0.15, 0.2) is 0 Å². The van der Waals surface area contributed by atoms with Crippen LogP contribution in [0.2, 0.25) is 0 Å². The third kappa shape index (κ3) is 2.74. The maximum atomic E-state index is 5.89. The average Bonchev–Trinajstić information content (AvgIpc) is 2.38. The summed E-state index contributed by atoms with van der Waals surface area (Å²) >= 11 is 3.62. The SMILES string of the molecule is CC(N)c1ccc(N(C)c2ccccc2)c(Br)c1. The Hall–Kier alpha value is -1.32. The van der Waals surface area contributed by atoms with Gasteiger partial charge in [-0.3, -0.25) is 0 Å². The zero-order valence-electron chi connectivity index (χ0n) is 10.6. The van der Waals surface area contributed by atoms with Gasteiger partial charge in [0.05, 0.1) is 5.69 Å². The van der Waals surface area contributed by atoms with E-state index in [0.29, 0.717) is 0 Å². The minimum atomic E-state index is 0.0531. The third-order valence-corrected chi connectivity index (χ3v) is 3.64. The molecule has 2 aromatic rings. The molecule has 2 N–H and O–H groups in total. The largest absolute Gasteiger partial charge is 0.344 e. The van der Waals surface area contributed by atoms with Gasteiger partial charge in [-0.2, -0.15) is 0 Å². The van der Waals surface area contributed by atoms with Crippen molar-refractivity contribution in [2.45, 2.75) is 13.0 Å². The van der Waals surface area contributed by atoms with E-state index in [9.17, 15) is 0 Å². The molecule has 0 heterocycles. The Bertz CT molecular complexity index is 523. The average molecular weight is 305 g/mol. The summed E-state index contributed by atoms with van der Waals surface area (Å²) in [6.07, 6.45) is 0. The minimum absolute atomic E-state index is 0.0531. The summed E-state index contributed by atoms with van der Waals surface area (Å²) < 4.78 is 1.06. The molecule has 3 heteroatoms. The number of rotatable bonds is 3. The lowest BCUT2D eigenvalue weighted by molar-refractivity contribution is 0.817. The maximum Gasteiger partial charge on any atom is 0.0552 e. The monoisotopic (exact) mass is 304 g/mol. The summed E-state index contributed by atoms with van der Waals surface area (Å²) in [4.78, 5) is 2.15. The van der Waals surface area contributed by atoms with E-state index in [1.54, 1.807) is 0 Å². The van der Waals surface area contributed by atoms with E-state index < -0.39 is 0 Å². The molecule has 1 atom stereocenters. The summed E-state index contributed by atoms with van der Waals surface area (Å²) in [7, 11) is 2.06. The zero-order chi connectivity index (χ0) is 13.1. The number of nitrogens with zero attached hydrogens (tertiary/aromatic N) is 1. The van der Waals surface area contributed by atoms with Crippen LogP contribution < -0.4 is 10.6 Å². The van der Waals surface area contributed by atoms with Crippen LogP contribution in [0.3, 0.4) is 0 Å². The predicted octanol–water partition coefficient (Wildman–Crippen LogP) is 4.24. The molecule has 0 saturated heterocycles. The van der Waals surface area contributed by atoms with Gasteiger partial charge < -0.3 is 10.6 Å². The normalized spacial score (nSPS) is 12.2. The molecule has 18 heavy (non-hydrogen) atoms. The van der Waals surface area contributed by atoms with Crippen LogP contribution in [0.1, 0.15) is 18.5 Å². The van der Waals surface area contributed by atoms with Crippen LogP contribution >= 0.6 is 15.9 Å². The topological polar surface area (TPSA) is 29.3 Å². The Balaban J connectivity index is 2.34. The second-order valence-corrected chi connectivity index (χ2v) is 5.25. The van der Waals surface area contributed by atoms with Crippen LogP contribution in [0.15, 0.2) is 53.0 Å². The van der Waals surface area contributed by atoms with Crippen LogP contribution in [0.25, 0.3) is 0 Å². The lowest BCUT2D eigenvalue weighted by Gasteiger charge is -2.21. The summed E-state index contributed by atoms with van der Waals surface area (Å²) in [6, 6.07) is 16.6. The Morgan fingerprint density at radius 3 is 2.33 bits per heavy atom. The number of para-hydroxylation sites is 1. The van der Waals surface area contributed by atoms with E-state index in [1.165, 1.54) is 0 Å². The summed E-state index contributed by atoms with van der Waals surface area (Å²) in [5.41, 5.74) is 9.31. The fourth-order valence-electron chi connectivity index (χ4n) is 1.87. The Morgan fingerprint density at radius 2 is 1.78 bits per heavy atom. The smallest absolute Gasteiger partial charge is 0.0552 e. The van der Waals surface area contributed by atoms with Gasteiger partial charge in [-0.15, -0.1) is 0 Å². The lowest BCUT2D eigenvalue weighted by Crippen LogP contribution is -2.11. The molecule has 0 aromatic heterocycles. The van der Waals surface area contributed by atoms with Crippen molar-refractivity contribution in [3.63, 3.8) is 0 Å². The van der Waals surface area contributed by atoms with Gasteiger partial charge in [-0.05, 0) is 52.7 Å². The van der Waals surface area contributed by atoms with Crippen LogP contribution in [-0.2, 0) is 0 Å². The van der Waals surface area contributed by atoms with Crippen molar-refractivity contribution >= 4 is 27.3 Å². The van der Waals surface area contributed by atoms with Gasteiger partial charge in [0.2, 0.25) is 0 Å². The molecule has 0 amide bonds. The van der Waals surface area contributed by atoms with E-state index in [0.717, 1.165) is 21.4 Å². The van der Waals surface area contributed by atoms with Gasteiger partial charge in [-0.1, -0.05) is 24.3 Å². The van der Waals surface area contributed by atoms with Gasteiger partial charge in [-0.25, -0.2) is 0 Å². The Morgan fingerprint density at radius 1 is 1.11 bits per heavy atom. The molecule has 0 spiro atoms. The Labute approximate surface area is 117 Å². The molecule has 0 aliphatic rings. The summed E-state index contributed by atoms with van der Waals surface area (Å²) in [5, 5.41) is 0. The van der Waals surface area contributed by atoms with Crippen molar-refractivity contribution in [2.24, 2.45) is 5.73 Å². The number of anilines is 2. The number of benzene rings is 2. The molecule has 2 rings (SSSR count). The van der Waals surface area contributed by atoms with Crippen LogP contribution in [0, 0.1) is 0 Å². The molecular weight excluding hydrogens is 288 g/mol. The van der Waals surface area contributed by atoms with Gasteiger partial charge in [0.1, 0.15) is 0 Å². The van der Waals surface area contributed by atoms with Crippen molar-refractivity contribution < 1.29 is 0 Å². The first-order valence-electron chi connectivity index (χ1n) is 5.93. The van der Waals surface area contributed by atoms with E-state index in [4.69, 9.17) is 5.73 Å². The molecule has 0 saturated carbocycles. The molecule has 1 unspecified atom stereocenters. The van der Waals surface area contributed by atoms with E-state index in [1.807, 2.05) is 25.1 Å². The highest BCUT2D eigenvalue weighted by Crippen LogP contribution is 2.32. The number of hydrogen-bond donors (Lipinski definition) is 1. The van der Waals surface area contributed by atoms with E-state index in [-0.39, 0.29) is 6.04 Å². The molecule has 94 valence electrons. The van der Waals surface area contributed by atoms with Crippen molar-refractivity contribution in [1.82, 2.24) is 0 Å². The van der Waals surface area contributed by atoms with E-state index in [2.05, 4.69) is 58.2 Å². The van der Waals surface area contributed by atoms with Gasteiger partial charge >= 0.3 is 0 Å². The highest BCUT2D eigenvalue weighted by molar-refractivity contribution is 9.10. The Kier molecular flexibility index (Phi) is 4.04. The molecule has 0 fully saturated rings. The second-order valence-electron chi connectivity index (χ2n) is 4.39. The lowest BCUT2D eigenvalue weighted by atomic mass is 10.1. The number of halogens is 1. The molecule has 2 nitrogen and oxygen atoms in total. The first kappa shape index (κ1) is 13.1. The van der Waals surface area contributed by atoms with Gasteiger partial charge in [0, 0.05) is 23.2 Å². The van der Waals surface area contributed by atoms with Crippen LogP contribution in [-0.4, -0.2) is 7.05 Å². The first-order valence-corrected chi connectivity index (χ1v) is 6.72. The third-order valence-electron chi connectivity index (χ3n) is 3.00. The number of nitrogens with two attached hydrogens (primary N) is 1. The van der Waals surface area contributed by atoms with E-state index >= 15 is 0 Å².